The van der Waals surface area contributed by atoms with E-state index in [9.17, 15) is 0 Å². The summed E-state index contributed by atoms with van der Waals surface area (Å²) in [6, 6.07) is 9.79. The van der Waals surface area contributed by atoms with Crippen molar-refractivity contribution in [2.24, 2.45) is 0 Å². The average Bonchev–Trinajstić information content (AvgIpc) is 3.32. The number of nitrogens with zero attached hydrogens (tertiary/aromatic N) is 1. The van der Waals surface area contributed by atoms with Crippen molar-refractivity contribution < 1.29 is 4.74 Å². The van der Waals surface area contributed by atoms with Crippen LogP contribution in [-0.4, -0.2) is 37.7 Å². The van der Waals surface area contributed by atoms with Gasteiger partial charge in [0.1, 0.15) is 0 Å². The van der Waals surface area contributed by atoms with Crippen LogP contribution in [0.15, 0.2) is 35.9 Å². The highest BCUT2D eigenvalue weighted by atomic mass is 16.5. The smallest absolute Gasteiger partial charge is 0.0673 e. The van der Waals surface area contributed by atoms with Gasteiger partial charge in [-0.25, -0.2) is 0 Å². The highest BCUT2D eigenvalue weighted by Crippen LogP contribution is 2.20. The Morgan fingerprint density at radius 1 is 1.29 bits per heavy atom. The average molecular weight is 286 g/mol. The zero-order chi connectivity index (χ0) is 14.5. The predicted molar refractivity (Wildman–Crippen MR) is 86.2 cm³/mol. The van der Waals surface area contributed by atoms with Crippen LogP contribution in [0.1, 0.15) is 30.4 Å². The standard InChI is InChI=1S/C18H26N2O/c1-21-14-15-7-9-20(10-8-15)13-17-4-2-3-16(11-17)12-19-18-5-6-18/h2-4,7,11,18-19H,5-6,8-10,12-14H2,1H3. The van der Waals surface area contributed by atoms with Crippen LogP contribution in [0.2, 0.25) is 0 Å². The second-order valence-corrected chi connectivity index (χ2v) is 6.26. The quantitative estimate of drug-likeness (QED) is 0.780. The lowest BCUT2D eigenvalue weighted by Gasteiger charge is -2.26. The van der Waals surface area contributed by atoms with Gasteiger partial charge in [-0.05, 0) is 36.0 Å². The van der Waals surface area contributed by atoms with E-state index < -0.39 is 0 Å². The molecule has 0 atom stereocenters. The fourth-order valence-electron chi connectivity index (χ4n) is 2.86. The van der Waals surface area contributed by atoms with Crippen LogP contribution >= 0.6 is 0 Å². The van der Waals surface area contributed by atoms with Crippen LogP contribution in [-0.2, 0) is 17.8 Å². The van der Waals surface area contributed by atoms with Gasteiger partial charge in [-0.3, -0.25) is 4.90 Å². The van der Waals surface area contributed by atoms with E-state index in [1.807, 2.05) is 0 Å². The Balaban J connectivity index is 1.51. The minimum absolute atomic E-state index is 0.778. The van der Waals surface area contributed by atoms with Crippen molar-refractivity contribution >= 4 is 0 Å². The second-order valence-electron chi connectivity index (χ2n) is 6.26. The molecule has 0 aromatic heterocycles. The van der Waals surface area contributed by atoms with Gasteiger partial charge in [-0.2, -0.15) is 0 Å². The predicted octanol–water partition coefficient (Wildman–Crippen LogP) is 2.72. The second kappa shape index (κ2) is 7.21. The number of hydrogen-bond donors (Lipinski definition) is 1. The summed E-state index contributed by atoms with van der Waals surface area (Å²) >= 11 is 0. The minimum atomic E-state index is 0.778. The molecule has 2 aliphatic rings. The molecule has 3 heteroatoms. The van der Waals surface area contributed by atoms with Gasteiger partial charge in [0.25, 0.3) is 0 Å². The molecule has 1 N–H and O–H groups in total. The van der Waals surface area contributed by atoms with Crippen molar-refractivity contribution in [2.75, 3.05) is 26.8 Å². The molecular formula is C18H26N2O. The van der Waals surface area contributed by atoms with Crippen molar-refractivity contribution in [3.63, 3.8) is 0 Å². The van der Waals surface area contributed by atoms with Crippen LogP contribution < -0.4 is 5.32 Å². The van der Waals surface area contributed by atoms with Crippen molar-refractivity contribution in [1.82, 2.24) is 10.2 Å². The minimum Gasteiger partial charge on any atom is -0.380 e. The summed E-state index contributed by atoms with van der Waals surface area (Å²) in [6.07, 6.45) is 6.16. The van der Waals surface area contributed by atoms with Gasteiger partial charge >= 0.3 is 0 Å². The molecule has 1 aromatic rings. The molecule has 21 heavy (non-hydrogen) atoms. The van der Waals surface area contributed by atoms with Crippen LogP contribution in [0.5, 0.6) is 0 Å². The van der Waals surface area contributed by atoms with E-state index in [4.69, 9.17) is 4.74 Å². The number of methoxy groups -OCH3 is 1. The molecule has 0 unspecified atom stereocenters. The van der Waals surface area contributed by atoms with Gasteiger partial charge in [0, 0.05) is 39.3 Å². The molecule has 0 amide bonds. The topological polar surface area (TPSA) is 24.5 Å². The van der Waals surface area contributed by atoms with Crippen LogP contribution in [0.25, 0.3) is 0 Å². The van der Waals surface area contributed by atoms with E-state index in [0.717, 1.165) is 45.2 Å². The normalized spacial score (nSPS) is 19.6. The molecule has 1 fully saturated rings. The first-order valence-corrected chi connectivity index (χ1v) is 8.04. The number of ether oxygens (including phenoxy) is 1. The monoisotopic (exact) mass is 286 g/mol. The van der Waals surface area contributed by atoms with E-state index in [0.29, 0.717) is 0 Å². The molecule has 114 valence electrons. The Labute approximate surface area is 128 Å². The summed E-state index contributed by atoms with van der Waals surface area (Å²) < 4.78 is 5.21. The summed E-state index contributed by atoms with van der Waals surface area (Å²) in [4.78, 5) is 2.51. The van der Waals surface area contributed by atoms with Gasteiger partial charge in [-0.1, -0.05) is 30.3 Å². The summed E-state index contributed by atoms with van der Waals surface area (Å²) in [5.74, 6) is 0. The van der Waals surface area contributed by atoms with E-state index in [-0.39, 0.29) is 0 Å². The molecule has 0 saturated heterocycles. The largest absolute Gasteiger partial charge is 0.380 e. The molecule has 0 radical (unpaired) electrons. The van der Waals surface area contributed by atoms with Crippen molar-refractivity contribution in [2.45, 2.75) is 38.4 Å². The van der Waals surface area contributed by atoms with Crippen molar-refractivity contribution in [1.29, 1.82) is 0 Å². The lowest BCUT2D eigenvalue weighted by atomic mass is 10.1. The fourth-order valence-corrected chi connectivity index (χ4v) is 2.86. The third-order valence-corrected chi connectivity index (χ3v) is 4.29. The highest BCUT2D eigenvalue weighted by molar-refractivity contribution is 5.24. The van der Waals surface area contributed by atoms with Gasteiger partial charge in [-0.15, -0.1) is 0 Å². The van der Waals surface area contributed by atoms with Crippen molar-refractivity contribution in [3.8, 4) is 0 Å². The molecule has 3 rings (SSSR count). The molecule has 1 aliphatic carbocycles. The SMILES string of the molecule is COCC1=CCN(Cc2cccc(CNC3CC3)c2)CC1. The van der Waals surface area contributed by atoms with Gasteiger partial charge in [0.15, 0.2) is 0 Å². The molecule has 0 bridgehead atoms. The maximum atomic E-state index is 5.21. The molecule has 0 spiro atoms. The Bertz CT molecular complexity index is 494. The van der Waals surface area contributed by atoms with Crippen LogP contribution in [0.4, 0.5) is 0 Å². The number of hydrogen-bond acceptors (Lipinski definition) is 3. The molecule has 3 nitrogen and oxygen atoms in total. The number of rotatable bonds is 7. The van der Waals surface area contributed by atoms with Crippen molar-refractivity contribution in [3.05, 3.63) is 47.0 Å². The summed E-state index contributed by atoms with van der Waals surface area (Å²) in [5, 5.41) is 3.59. The van der Waals surface area contributed by atoms with Crippen LogP contribution in [0, 0.1) is 0 Å². The first-order valence-electron chi connectivity index (χ1n) is 8.04. The van der Waals surface area contributed by atoms with E-state index in [2.05, 4.69) is 40.6 Å². The zero-order valence-electron chi connectivity index (χ0n) is 13.0. The van der Waals surface area contributed by atoms with Gasteiger partial charge in [0.2, 0.25) is 0 Å². The maximum Gasteiger partial charge on any atom is 0.0673 e. The lowest BCUT2D eigenvalue weighted by molar-refractivity contribution is 0.210. The summed E-state index contributed by atoms with van der Waals surface area (Å²) in [5.41, 5.74) is 4.27. The lowest BCUT2D eigenvalue weighted by Crippen LogP contribution is -2.29. The fraction of sp³-hybridized carbons (Fsp3) is 0.556. The summed E-state index contributed by atoms with van der Waals surface area (Å²) in [7, 11) is 1.77. The van der Waals surface area contributed by atoms with Gasteiger partial charge < -0.3 is 10.1 Å². The van der Waals surface area contributed by atoms with E-state index in [1.54, 1.807) is 7.11 Å². The van der Waals surface area contributed by atoms with E-state index in [1.165, 1.54) is 29.5 Å². The first kappa shape index (κ1) is 14.8. The maximum absolute atomic E-state index is 5.21. The molecule has 1 saturated carbocycles. The Kier molecular flexibility index (Phi) is 5.07. The van der Waals surface area contributed by atoms with Gasteiger partial charge in [0.05, 0.1) is 6.61 Å². The molecule has 1 heterocycles. The highest BCUT2D eigenvalue weighted by Gasteiger charge is 2.20. The first-order chi connectivity index (χ1) is 10.3. The molecule has 1 aromatic carbocycles. The Hall–Kier alpha value is -1.16. The Morgan fingerprint density at radius 2 is 2.14 bits per heavy atom. The summed E-state index contributed by atoms with van der Waals surface area (Å²) in [6.45, 7) is 5.03. The molecular weight excluding hydrogens is 260 g/mol. The zero-order valence-corrected chi connectivity index (χ0v) is 13.0. The third kappa shape index (κ3) is 4.67. The van der Waals surface area contributed by atoms with Crippen LogP contribution in [0.3, 0.4) is 0 Å². The third-order valence-electron chi connectivity index (χ3n) is 4.29. The molecule has 1 aliphatic heterocycles. The number of benzene rings is 1. The Morgan fingerprint density at radius 3 is 2.86 bits per heavy atom. The van der Waals surface area contributed by atoms with E-state index >= 15 is 0 Å². The number of nitrogens with one attached hydrogen (secondary N) is 1.